The lowest BCUT2D eigenvalue weighted by atomic mass is 9.84. The molecule has 20 heavy (non-hydrogen) atoms. The maximum absolute atomic E-state index is 12.5. The fourth-order valence-corrected chi connectivity index (χ4v) is 5.66. The van der Waals surface area contributed by atoms with Crippen molar-refractivity contribution in [1.82, 2.24) is 14.5 Å². The smallest absolute Gasteiger partial charge is 0.244 e. The highest BCUT2D eigenvalue weighted by Gasteiger charge is 2.42. The number of rotatable bonds is 4. The van der Waals surface area contributed by atoms with Crippen LogP contribution in [0.1, 0.15) is 38.3 Å². The van der Waals surface area contributed by atoms with Crippen molar-refractivity contribution in [1.29, 1.82) is 0 Å². The summed E-state index contributed by atoms with van der Waals surface area (Å²) in [7, 11) is -1.72. The highest BCUT2D eigenvalue weighted by Crippen LogP contribution is 2.49. The summed E-state index contributed by atoms with van der Waals surface area (Å²) in [6.45, 7) is 3.74. The number of hydrogen-bond donors (Lipinski definition) is 1. The Morgan fingerprint density at radius 3 is 2.65 bits per heavy atom. The van der Waals surface area contributed by atoms with E-state index in [1.165, 1.54) is 25.7 Å². The van der Waals surface area contributed by atoms with Crippen LogP contribution in [0.15, 0.2) is 11.1 Å². The summed E-state index contributed by atoms with van der Waals surface area (Å²) in [6, 6.07) is 0.00917. The van der Waals surface area contributed by atoms with Crippen molar-refractivity contribution in [2.45, 2.75) is 50.5 Å². The Kier molecular flexibility index (Phi) is 3.41. The van der Waals surface area contributed by atoms with Crippen LogP contribution in [-0.4, -0.2) is 24.2 Å². The summed E-state index contributed by atoms with van der Waals surface area (Å²) >= 11 is 0. The first-order valence-electron chi connectivity index (χ1n) is 7.39. The van der Waals surface area contributed by atoms with Crippen LogP contribution in [0.5, 0.6) is 0 Å². The van der Waals surface area contributed by atoms with Gasteiger partial charge in [-0.2, -0.15) is 5.10 Å². The molecule has 0 saturated heterocycles. The first kappa shape index (κ1) is 14.1. The Labute approximate surface area is 120 Å². The van der Waals surface area contributed by atoms with E-state index in [0.717, 1.165) is 5.92 Å². The molecule has 1 heterocycles. The van der Waals surface area contributed by atoms with Gasteiger partial charge in [0.2, 0.25) is 10.0 Å². The topological polar surface area (TPSA) is 64.0 Å². The normalized spacial score (nSPS) is 30.9. The van der Waals surface area contributed by atoms with Crippen molar-refractivity contribution in [3.05, 3.63) is 11.9 Å². The molecule has 2 saturated carbocycles. The Morgan fingerprint density at radius 1 is 1.40 bits per heavy atom. The van der Waals surface area contributed by atoms with Crippen LogP contribution >= 0.6 is 0 Å². The molecule has 112 valence electrons. The zero-order valence-corrected chi connectivity index (χ0v) is 13.2. The Morgan fingerprint density at radius 2 is 2.15 bits per heavy atom. The van der Waals surface area contributed by atoms with E-state index in [9.17, 15) is 8.42 Å². The molecule has 6 heteroatoms. The van der Waals surface area contributed by atoms with Crippen LogP contribution in [0.25, 0.3) is 0 Å². The third-order valence-electron chi connectivity index (χ3n) is 5.03. The predicted molar refractivity (Wildman–Crippen MR) is 76.7 cm³/mol. The van der Waals surface area contributed by atoms with Crippen molar-refractivity contribution in [3.63, 3.8) is 0 Å². The van der Waals surface area contributed by atoms with Crippen LogP contribution in [0.4, 0.5) is 0 Å². The minimum Gasteiger partial charge on any atom is -0.274 e. The molecular formula is C14H23N3O2S. The summed E-state index contributed by atoms with van der Waals surface area (Å²) in [4.78, 5) is 0.301. The van der Waals surface area contributed by atoms with Crippen LogP contribution < -0.4 is 4.72 Å². The third kappa shape index (κ3) is 2.39. The molecule has 3 rings (SSSR count). The molecule has 0 unspecified atom stereocenters. The summed E-state index contributed by atoms with van der Waals surface area (Å²) in [6.07, 6.45) is 6.66. The molecule has 0 amide bonds. The third-order valence-corrected chi connectivity index (χ3v) is 6.70. The second kappa shape index (κ2) is 4.84. The molecule has 5 nitrogen and oxygen atoms in total. The molecule has 4 atom stereocenters. The van der Waals surface area contributed by atoms with E-state index in [-0.39, 0.29) is 6.04 Å². The SMILES string of the molecule is Cc1nn(C)cc1S(=O)(=O)N[C@H](C)[C@H]1C[C@@H]2CC[C@@H]1C2. The van der Waals surface area contributed by atoms with Gasteiger partial charge < -0.3 is 0 Å². The largest absolute Gasteiger partial charge is 0.274 e. The highest BCUT2D eigenvalue weighted by molar-refractivity contribution is 7.89. The Hall–Kier alpha value is -0.880. The monoisotopic (exact) mass is 297 g/mol. The summed E-state index contributed by atoms with van der Waals surface area (Å²) in [5, 5.41) is 4.12. The minimum atomic E-state index is -3.46. The number of aromatic nitrogens is 2. The van der Waals surface area contributed by atoms with E-state index in [2.05, 4.69) is 9.82 Å². The molecule has 2 aliphatic carbocycles. The van der Waals surface area contributed by atoms with Gasteiger partial charge in [0.05, 0.1) is 5.69 Å². The van der Waals surface area contributed by atoms with Gasteiger partial charge >= 0.3 is 0 Å². The molecule has 2 fully saturated rings. The number of hydrogen-bond acceptors (Lipinski definition) is 3. The van der Waals surface area contributed by atoms with E-state index in [1.54, 1.807) is 24.9 Å². The maximum Gasteiger partial charge on any atom is 0.244 e. The lowest BCUT2D eigenvalue weighted by Gasteiger charge is -2.28. The fraction of sp³-hybridized carbons (Fsp3) is 0.786. The number of sulfonamides is 1. The van der Waals surface area contributed by atoms with Gasteiger partial charge in [-0.3, -0.25) is 4.68 Å². The average molecular weight is 297 g/mol. The van der Waals surface area contributed by atoms with Gasteiger partial charge in [-0.05, 0) is 50.9 Å². The van der Waals surface area contributed by atoms with Crippen LogP contribution in [0.3, 0.4) is 0 Å². The second-order valence-electron chi connectivity index (χ2n) is 6.50. The lowest BCUT2D eigenvalue weighted by Crippen LogP contribution is -2.40. The van der Waals surface area contributed by atoms with Crippen molar-refractivity contribution in [3.8, 4) is 0 Å². The molecule has 0 aromatic carbocycles. The van der Waals surface area contributed by atoms with Gasteiger partial charge in [0.25, 0.3) is 0 Å². The summed E-state index contributed by atoms with van der Waals surface area (Å²) in [5.41, 5.74) is 0.556. The molecule has 0 aliphatic heterocycles. The van der Waals surface area contributed by atoms with Gasteiger partial charge in [0.1, 0.15) is 4.90 Å². The highest BCUT2D eigenvalue weighted by atomic mass is 32.2. The molecule has 1 aromatic heterocycles. The molecular weight excluding hydrogens is 274 g/mol. The maximum atomic E-state index is 12.5. The molecule has 0 spiro atoms. The van der Waals surface area contributed by atoms with Crippen molar-refractivity contribution in [2.75, 3.05) is 0 Å². The molecule has 0 radical (unpaired) electrons. The van der Waals surface area contributed by atoms with Gasteiger partial charge in [-0.15, -0.1) is 0 Å². The van der Waals surface area contributed by atoms with Crippen LogP contribution in [-0.2, 0) is 17.1 Å². The van der Waals surface area contributed by atoms with E-state index < -0.39 is 10.0 Å². The average Bonchev–Trinajstić information content (AvgIpc) is 3.03. The van der Waals surface area contributed by atoms with E-state index in [0.29, 0.717) is 22.4 Å². The fourth-order valence-electron chi connectivity index (χ4n) is 4.14. The number of nitrogens with one attached hydrogen (secondary N) is 1. The minimum absolute atomic E-state index is 0.00917. The quantitative estimate of drug-likeness (QED) is 0.922. The van der Waals surface area contributed by atoms with Crippen molar-refractivity contribution >= 4 is 10.0 Å². The second-order valence-corrected chi connectivity index (χ2v) is 8.18. The summed E-state index contributed by atoms with van der Waals surface area (Å²) < 4.78 is 29.4. The molecule has 1 aromatic rings. The summed E-state index contributed by atoms with van der Waals surface area (Å²) in [5.74, 6) is 2.05. The predicted octanol–water partition coefficient (Wildman–Crippen LogP) is 1.83. The van der Waals surface area contributed by atoms with Crippen LogP contribution in [0, 0.1) is 24.7 Å². The standard InChI is InChI=1S/C14H23N3O2S/c1-9(13-7-11-4-5-12(13)6-11)16-20(18,19)14-8-17(3)15-10(14)2/h8-9,11-13,16H,4-7H2,1-3H3/t9-,11-,12-,13-/m1/s1. The van der Waals surface area contributed by atoms with Crippen molar-refractivity contribution in [2.24, 2.45) is 24.8 Å². The number of nitrogens with zero attached hydrogens (tertiary/aromatic N) is 2. The molecule has 2 bridgehead atoms. The first-order chi connectivity index (χ1) is 9.37. The Balaban J connectivity index is 1.75. The van der Waals surface area contributed by atoms with Gasteiger partial charge in [0.15, 0.2) is 0 Å². The van der Waals surface area contributed by atoms with E-state index >= 15 is 0 Å². The van der Waals surface area contributed by atoms with E-state index in [4.69, 9.17) is 0 Å². The molecule has 1 N–H and O–H groups in total. The van der Waals surface area contributed by atoms with Gasteiger partial charge in [-0.25, -0.2) is 13.1 Å². The Bertz CT molecular complexity index is 608. The van der Waals surface area contributed by atoms with Crippen LogP contribution in [0.2, 0.25) is 0 Å². The van der Waals surface area contributed by atoms with E-state index in [1.807, 2.05) is 6.92 Å². The number of fused-ring (bicyclic) bond motifs is 2. The van der Waals surface area contributed by atoms with Gasteiger partial charge in [0, 0.05) is 19.3 Å². The zero-order chi connectivity index (χ0) is 14.5. The van der Waals surface area contributed by atoms with Gasteiger partial charge in [-0.1, -0.05) is 6.42 Å². The zero-order valence-electron chi connectivity index (χ0n) is 12.3. The lowest BCUT2D eigenvalue weighted by molar-refractivity contribution is 0.280. The number of aryl methyl sites for hydroxylation is 2. The first-order valence-corrected chi connectivity index (χ1v) is 8.87. The molecule has 2 aliphatic rings. The van der Waals surface area contributed by atoms with Crippen molar-refractivity contribution < 1.29 is 8.42 Å².